The van der Waals surface area contributed by atoms with Crippen molar-refractivity contribution in [2.45, 2.75) is 25.8 Å². The van der Waals surface area contributed by atoms with Crippen LogP contribution in [0.25, 0.3) is 0 Å². The Balaban J connectivity index is 2.28. The zero-order chi connectivity index (χ0) is 10.7. The molecule has 1 aromatic carbocycles. The molecule has 1 fully saturated rings. The van der Waals surface area contributed by atoms with Crippen molar-refractivity contribution >= 4 is 11.6 Å². The SMILES string of the molecule is CCOc1ccc(Cl)cc1[C@@H]1CCC[NH2+]1. The summed E-state index contributed by atoms with van der Waals surface area (Å²) in [5.41, 5.74) is 1.25. The molecular formula is C12H17ClNO+. The number of quaternary nitrogens is 1. The molecule has 1 atom stereocenters. The van der Waals surface area contributed by atoms with E-state index in [0.29, 0.717) is 12.6 Å². The number of ether oxygens (including phenoxy) is 1. The zero-order valence-corrected chi connectivity index (χ0v) is 9.76. The molecule has 0 unspecified atom stereocenters. The summed E-state index contributed by atoms with van der Waals surface area (Å²) in [6, 6.07) is 6.45. The Kier molecular flexibility index (Phi) is 3.49. The minimum atomic E-state index is 0.533. The van der Waals surface area contributed by atoms with Crippen LogP contribution in [0.3, 0.4) is 0 Å². The molecular weight excluding hydrogens is 210 g/mol. The smallest absolute Gasteiger partial charge is 0.128 e. The van der Waals surface area contributed by atoms with Gasteiger partial charge in [-0.3, -0.25) is 0 Å². The minimum absolute atomic E-state index is 0.533. The number of benzene rings is 1. The lowest BCUT2D eigenvalue weighted by Crippen LogP contribution is -2.81. The maximum atomic E-state index is 6.03. The first-order valence-electron chi connectivity index (χ1n) is 5.57. The van der Waals surface area contributed by atoms with Gasteiger partial charge in [-0.05, 0) is 25.1 Å². The molecule has 0 saturated carbocycles. The van der Waals surface area contributed by atoms with E-state index in [1.807, 2.05) is 25.1 Å². The molecule has 2 rings (SSSR count). The Morgan fingerprint density at radius 1 is 1.53 bits per heavy atom. The molecule has 1 aromatic rings. The second-order valence-corrected chi connectivity index (χ2v) is 4.32. The Morgan fingerprint density at radius 3 is 3.07 bits per heavy atom. The van der Waals surface area contributed by atoms with E-state index in [0.717, 1.165) is 10.8 Å². The molecule has 2 nitrogen and oxygen atoms in total. The van der Waals surface area contributed by atoms with Gasteiger partial charge in [0.2, 0.25) is 0 Å². The van der Waals surface area contributed by atoms with Crippen molar-refractivity contribution in [1.29, 1.82) is 0 Å². The highest BCUT2D eigenvalue weighted by Crippen LogP contribution is 2.30. The van der Waals surface area contributed by atoms with Crippen LogP contribution in [-0.2, 0) is 0 Å². The molecule has 1 saturated heterocycles. The maximum Gasteiger partial charge on any atom is 0.128 e. The first kappa shape index (κ1) is 10.8. The Bertz CT molecular complexity index is 334. The van der Waals surface area contributed by atoms with Crippen molar-refractivity contribution in [2.75, 3.05) is 13.2 Å². The summed E-state index contributed by atoms with van der Waals surface area (Å²) in [5, 5.41) is 3.17. The molecule has 0 bridgehead atoms. The van der Waals surface area contributed by atoms with Crippen LogP contribution in [0.1, 0.15) is 31.4 Å². The third-order valence-corrected chi connectivity index (χ3v) is 3.08. The van der Waals surface area contributed by atoms with Crippen LogP contribution in [0.2, 0.25) is 5.02 Å². The van der Waals surface area contributed by atoms with Gasteiger partial charge in [-0.25, -0.2) is 0 Å². The van der Waals surface area contributed by atoms with E-state index in [9.17, 15) is 0 Å². The summed E-state index contributed by atoms with van der Waals surface area (Å²) < 4.78 is 5.63. The standard InChI is InChI=1S/C12H16ClNO/c1-2-15-12-6-5-9(13)8-10(12)11-4-3-7-14-11/h5-6,8,11,14H,2-4,7H2,1H3/p+1/t11-/m0/s1. The molecule has 0 spiro atoms. The predicted molar refractivity (Wildman–Crippen MR) is 61.4 cm³/mol. The van der Waals surface area contributed by atoms with Gasteiger partial charge in [0.25, 0.3) is 0 Å². The highest BCUT2D eigenvalue weighted by molar-refractivity contribution is 6.30. The van der Waals surface area contributed by atoms with Crippen molar-refractivity contribution in [1.82, 2.24) is 0 Å². The Labute approximate surface area is 95.6 Å². The maximum absolute atomic E-state index is 6.03. The van der Waals surface area contributed by atoms with E-state index in [2.05, 4.69) is 5.32 Å². The van der Waals surface area contributed by atoms with Crippen LogP contribution in [0.15, 0.2) is 18.2 Å². The van der Waals surface area contributed by atoms with Gasteiger partial charge in [0.15, 0.2) is 0 Å². The molecule has 0 aliphatic carbocycles. The number of hydrogen-bond acceptors (Lipinski definition) is 1. The Hall–Kier alpha value is -0.730. The van der Waals surface area contributed by atoms with Gasteiger partial charge in [0.05, 0.1) is 18.7 Å². The monoisotopic (exact) mass is 226 g/mol. The van der Waals surface area contributed by atoms with Crippen LogP contribution < -0.4 is 10.1 Å². The summed E-state index contributed by atoms with van der Waals surface area (Å²) in [6.07, 6.45) is 2.50. The van der Waals surface area contributed by atoms with Crippen molar-refractivity contribution in [3.63, 3.8) is 0 Å². The summed E-state index contributed by atoms with van der Waals surface area (Å²) in [5.74, 6) is 0.991. The fraction of sp³-hybridized carbons (Fsp3) is 0.500. The zero-order valence-electron chi connectivity index (χ0n) is 9.00. The predicted octanol–water partition coefficient (Wildman–Crippen LogP) is 2.14. The summed E-state index contributed by atoms with van der Waals surface area (Å²) in [6.45, 7) is 3.93. The number of nitrogens with two attached hydrogens (primary N) is 1. The van der Waals surface area contributed by atoms with Crippen LogP contribution in [-0.4, -0.2) is 13.2 Å². The molecule has 0 aromatic heterocycles. The molecule has 82 valence electrons. The largest absolute Gasteiger partial charge is 0.493 e. The van der Waals surface area contributed by atoms with Gasteiger partial charge in [-0.15, -0.1) is 0 Å². The highest BCUT2D eigenvalue weighted by atomic mass is 35.5. The van der Waals surface area contributed by atoms with Crippen molar-refractivity contribution in [3.8, 4) is 5.75 Å². The topological polar surface area (TPSA) is 25.8 Å². The Morgan fingerprint density at radius 2 is 2.40 bits per heavy atom. The summed E-state index contributed by atoms with van der Waals surface area (Å²) in [7, 11) is 0. The molecule has 1 heterocycles. The quantitative estimate of drug-likeness (QED) is 0.840. The lowest BCUT2D eigenvalue weighted by atomic mass is 10.0. The normalized spacial score (nSPS) is 20.5. The highest BCUT2D eigenvalue weighted by Gasteiger charge is 2.23. The second-order valence-electron chi connectivity index (χ2n) is 3.89. The molecule has 15 heavy (non-hydrogen) atoms. The van der Waals surface area contributed by atoms with Gasteiger partial charge in [-0.2, -0.15) is 0 Å². The van der Waals surface area contributed by atoms with Crippen LogP contribution in [0.5, 0.6) is 5.75 Å². The molecule has 0 radical (unpaired) electrons. The van der Waals surface area contributed by atoms with E-state index in [1.54, 1.807) is 0 Å². The average Bonchev–Trinajstić information content (AvgIpc) is 2.74. The number of hydrogen-bond donors (Lipinski definition) is 1. The van der Waals surface area contributed by atoms with E-state index in [4.69, 9.17) is 16.3 Å². The average molecular weight is 227 g/mol. The second kappa shape index (κ2) is 4.86. The van der Waals surface area contributed by atoms with E-state index in [1.165, 1.54) is 24.9 Å². The molecule has 1 aliphatic rings. The minimum Gasteiger partial charge on any atom is -0.493 e. The molecule has 0 amide bonds. The van der Waals surface area contributed by atoms with E-state index >= 15 is 0 Å². The number of halogens is 1. The van der Waals surface area contributed by atoms with Crippen molar-refractivity contribution in [2.24, 2.45) is 0 Å². The van der Waals surface area contributed by atoms with Crippen LogP contribution in [0.4, 0.5) is 0 Å². The molecule has 3 heteroatoms. The van der Waals surface area contributed by atoms with Gasteiger partial charge in [0.1, 0.15) is 11.8 Å². The van der Waals surface area contributed by atoms with Gasteiger partial charge >= 0.3 is 0 Å². The number of rotatable bonds is 3. The summed E-state index contributed by atoms with van der Waals surface area (Å²) in [4.78, 5) is 0. The van der Waals surface area contributed by atoms with Gasteiger partial charge in [0, 0.05) is 17.9 Å². The fourth-order valence-corrected chi connectivity index (χ4v) is 2.33. The lowest BCUT2D eigenvalue weighted by molar-refractivity contribution is -0.676. The summed E-state index contributed by atoms with van der Waals surface area (Å²) >= 11 is 6.03. The third-order valence-electron chi connectivity index (χ3n) is 2.84. The van der Waals surface area contributed by atoms with Crippen LogP contribution >= 0.6 is 11.6 Å². The molecule has 2 N–H and O–H groups in total. The van der Waals surface area contributed by atoms with E-state index < -0.39 is 0 Å². The lowest BCUT2D eigenvalue weighted by Gasteiger charge is -2.13. The van der Waals surface area contributed by atoms with Gasteiger partial charge < -0.3 is 10.1 Å². The third kappa shape index (κ3) is 2.44. The fourth-order valence-electron chi connectivity index (χ4n) is 2.15. The van der Waals surface area contributed by atoms with E-state index in [-0.39, 0.29) is 0 Å². The first-order chi connectivity index (χ1) is 7.31. The van der Waals surface area contributed by atoms with Crippen molar-refractivity contribution in [3.05, 3.63) is 28.8 Å². The van der Waals surface area contributed by atoms with Crippen molar-refractivity contribution < 1.29 is 10.1 Å². The first-order valence-corrected chi connectivity index (χ1v) is 5.94. The molecule has 1 aliphatic heterocycles. The van der Waals surface area contributed by atoms with Crippen LogP contribution in [0, 0.1) is 0 Å². The van der Waals surface area contributed by atoms with Gasteiger partial charge in [-0.1, -0.05) is 11.6 Å².